The topological polar surface area (TPSA) is 23.8 Å². The van der Waals surface area contributed by atoms with Crippen molar-refractivity contribution in [1.29, 1.82) is 5.26 Å². The Morgan fingerprint density at radius 2 is 1.21 bits per heavy atom. The van der Waals surface area contributed by atoms with Gasteiger partial charge in [-0.05, 0) is 31.9 Å². The van der Waals surface area contributed by atoms with Gasteiger partial charge in [-0.2, -0.15) is 5.26 Å². The highest BCUT2D eigenvalue weighted by Gasteiger charge is 2.39. The summed E-state index contributed by atoms with van der Waals surface area (Å²) in [5, 5.41) is 7.32. The molecule has 0 saturated heterocycles. The predicted octanol–water partition coefficient (Wildman–Crippen LogP) is 6.02. The lowest BCUT2D eigenvalue weighted by molar-refractivity contribution is 1.38. The van der Waals surface area contributed by atoms with Gasteiger partial charge in [0, 0.05) is 24.9 Å². The molecular formula is C7H3Br6N. The lowest BCUT2D eigenvalue weighted by Gasteiger charge is -2.14. The maximum absolute atomic E-state index is 7.32. The van der Waals surface area contributed by atoms with Gasteiger partial charge in [0.25, 0.3) is 0 Å². The number of allylic oxidation sites excluding steroid dienone is 4. The summed E-state index contributed by atoms with van der Waals surface area (Å²) in [5.41, 5.74) is 0. The van der Waals surface area contributed by atoms with Crippen LogP contribution in [-0.4, -0.2) is 3.23 Å². The van der Waals surface area contributed by atoms with Gasteiger partial charge in [0.15, 0.2) is 0 Å². The molecule has 0 aliphatic heterocycles. The van der Waals surface area contributed by atoms with Crippen molar-refractivity contribution in [3.8, 4) is 6.07 Å². The number of nitriles is 1. The third kappa shape index (κ3) is 3.42. The molecule has 0 heterocycles. The van der Waals surface area contributed by atoms with E-state index in [1.54, 1.807) is 6.07 Å². The predicted molar refractivity (Wildman–Crippen MR) is 81.6 cm³/mol. The van der Waals surface area contributed by atoms with Crippen molar-refractivity contribution in [2.24, 2.45) is 0 Å². The van der Waals surface area contributed by atoms with Crippen LogP contribution in [0, 0.1) is 11.3 Å². The first-order valence-corrected chi connectivity index (χ1v) is 7.87. The van der Waals surface area contributed by atoms with Crippen molar-refractivity contribution >= 4 is 95.6 Å². The van der Waals surface area contributed by atoms with Crippen LogP contribution in [0.25, 0.3) is 0 Å². The second-order valence-corrected chi connectivity index (χ2v) is 8.67. The van der Waals surface area contributed by atoms with Gasteiger partial charge in [0.1, 0.15) is 3.23 Å². The average Bonchev–Trinajstić information content (AvgIpc) is 2.23. The summed E-state index contributed by atoms with van der Waals surface area (Å²) in [6, 6.07) is 1.75. The van der Waals surface area contributed by atoms with Crippen LogP contribution in [0.15, 0.2) is 17.9 Å². The first-order chi connectivity index (χ1) is 6.30. The Kier molecular flexibility index (Phi) is 7.42. The number of nitrogens with zero attached hydrogens (tertiary/aromatic N) is 1. The van der Waals surface area contributed by atoms with Gasteiger partial charge >= 0.3 is 0 Å². The molecule has 0 aromatic carbocycles. The number of halogens is 6. The molecule has 0 radical (unpaired) electrons. The number of hydrogen-bond acceptors (Lipinski definition) is 1. The Morgan fingerprint density at radius 1 is 1.00 bits per heavy atom. The molecule has 0 fully saturated rings. The molecule has 0 atom stereocenters. The molecule has 14 heavy (non-hydrogen) atoms. The molecule has 0 N–H and O–H groups in total. The van der Waals surface area contributed by atoms with Crippen LogP contribution in [0.2, 0.25) is 0 Å². The van der Waals surface area contributed by atoms with Crippen LogP contribution in [0.5, 0.6) is 0 Å². The Balaban J connectivity index is 0.000000500. The lowest BCUT2D eigenvalue weighted by Crippen LogP contribution is -2.06. The molecule has 0 spiro atoms. The molecule has 1 aliphatic rings. The van der Waals surface area contributed by atoms with Crippen molar-refractivity contribution in [1.82, 2.24) is 0 Å². The minimum absolute atomic E-state index is 0.322. The Labute approximate surface area is 133 Å². The fraction of sp³-hybridized carbons (Fsp3) is 0.286. The lowest BCUT2D eigenvalue weighted by atomic mass is 10.5. The number of alkyl halides is 2. The van der Waals surface area contributed by atoms with Gasteiger partial charge in [0.2, 0.25) is 0 Å². The summed E-state index contributed by atoms with van der Waals surface area (Å²) < 4.78 is 3.68. The third-order valence-corrected chi connectivity index (χ3v) is 10.0. The van der Waals surface area contributed by atoms with Crippen LogP contribution >= 0.6 is 95.6 Å². The summed E-state index contributed by atoms with van der Waals surface area (Å²) in [6.45, 7) is 1.43. The first kappa shape index (κ1) is 15.9. The monoisotopic (exact) mass is 575 g/mol. The Morgan fingerprint density at radius 3 is 1.29 bits per heavy atom. The zero-order valence-electron chi connectivity index (χ0n) is 6.72. The highest BCUT2D eigenvalue weighted by Crippen LogP contribution is 2.58. The molecule has 0 bridgehead atoms. The van der Waals surface area contributed by atoms with E-state index < -0.39 is 0 Å². The summed E-state index contributed by atoms with van der Waals surface area (Å²) in [4.78, 5) is 0. The smallest absolute Gasteiger partial charge is 0.145 e. The van der Waals surface area contributed by atoms with Gasteiger partial charge in [-0.3, -0.25) is 0 Å². The van der Waals surface area contributed by atoms with Crippen molar-refractivity contribution in [3.05, 3.63) is 17.9 Å². The number of rotatable bonds is 0. The van der Waals surface area contributed by atoms with Gasteiger partial charge in [0.05, 0.1) is 6.07 Å². The van der Waals surface area contributed by atoms with Gasteiger partial charge in [-0.15, -0.1) is 0 Å². The van der Waals surface area contributed by atoms with E-state index in [0.717, 1.165) is 17.9 Å². The minimum Gasteiger partial charge on any atom is -0.199 e. The van der Waals surface area contributed by atoms with Crippen LogP contribution in [-0.2, 0) is 0 Å². The van der Waals surface area contributed by atoms with E-state index in [9.17, 15) is 0 Å². The zero-order valence-corrected chi connectivity index (χ0v) is 16.2. The summed E-state index contributed by atoms with van der Waals surface area (Å²) >= 11 is 20.7. The molecular weight excluding hydrogens is 578 g/mol. The van der Waals surface area contributed by atoms with Crippen molar-refractivity contribution in [3.63, 3.8) is 0 Å². The molecule has 1 aliphatic carbocycles. The van der Waals surface area contributed by atoms with E-state index in [1.807, 2.05) is 0 Å². The van der Waals surface area contributed by atoms with Crippen molar-refractivity contribution < 1.29 is 0 Å². The van der Waals surface area contributed by atoms with E-state index in [-0.39, 0.29) is 3.23 Å². The van der Waals surface area contributed by atoms with E-state index in [1.165, 1.54) is 6.92 Å². The van der Waals surface area contributed by atoms with Crippen LogP contribution in [0.4, 0.5) is 0 Å². The minimum atomic E-state index is -0.322. The second-order valence-electron chi connectivity index (χ2n) is 2.05. The fourth-order valence-corrected chi connectivity index (χ4v) is 5.00. The number of hydrogen-bond donors (Lipinski definition) is 0. The zero-order chi connectivity index (χ0) is 11.5. The molecule has 0 aromatic rings. The van der Waals surface area contributed by atoms with Crippen molar-refractivity contribution in [2.75, 3.05) is 0 Å². The van der Waals surface area contributed by atoms with Crippen LogP contribution in [0.1, 0.15) is 6.92 Å². The van der Waals surface area contributed by atoms with E-state index >= 15 is 0 Å². The van der Waals surface area contributed by atoms with Crippen molar-refractivity contribution in [2.45, 2.75) is 10.2 Å². The largest absolute Gasteiger partial charge is 0.199 e. The third-order valence-electron chi connectivity index (χ3n) is 1.13. The highest BCUT2D eigenvalue weighted by molar-refractivity contribution is 9.28. The molecule has 0 aromatic heterocycles. The quantitative estimate of drug-likeness (QED) is 0.322. The summed E-state index contributed by atoms with van der Waals surface area (Å²) in [7, 11) is 0. The molecule has 0 amide bonds. The van der Waals surface area contributed by atoms with Crippen LogP contribution < -0.4 is 0 Å². The maximum atomic E-state index is 7.32. The summed E-state index contributed by atoms with van der Waals surface area (Å²) in [6.07, 6.45) is 0. The average molecular weight is 581 g/mol. The Bertz CT molecular complexity index is 309. The molecule has 1 nitrogen and oxygen atoms in total. The highest BCUT2D eigenvalue weighted by atomic mass is 79.9. The Hall–Kier alpha value is 1.85. The molecule has 1 rings (SSSR count). The maximum Gasteiger partial charge on any atom is 0.145 e. The van der Waals surface area contributed by atoms with Crippen LogP contribution in [0.3, 0.4) is 0 Å². The standard InChI is InChI=1S/C5Br6.C2H3N/c6-1-2(7)4(9)5(10,11)3(1)8;1-2-3/h;1H3. The van der Waals surface area contributed by atoms with Gasteiger partial charge in [-0.25, -0.2) is 0 Å². The van der Waals surface area contributed by atoms with Gasteiger partial charge in [-0.1, -0.05) is 63.7 Å². The summed E-state index contributed by atoms with van der Waals surface area (Å²) in [5.74, 6) is 0. The van der Waals surface area contributed by atoms with E-state index in [2.05, 4.69) is 95.6 Å². The fourth-order valence-electron chi connectivity index (χ4n) is 0.565. The molecule has 7 heteroatoms. The van der Waals surface area contributed by atoms with Gasteiger partial charge < -0.3 is 0 Å². The first-order valence-electron chi connectivity index (χ1n) is 3.11. The SMILES string of the molecule is BrC1=C(Br)C(Br)(Br)C(Br)=C1Br.CC#N. The molecule has 78 valence electrons. The normalized spacial score (nSPS) is 19.0. The van der Waals surface area contributed by atoms with E-state index in [0.29, 0.717) is 0 Å². The second kappa shape index (κ2) is 6.55. The molecule has 0 saturated carbocycles. The molecule has 0 unspecified atom stereocenters. The van der Waals surface area contributed by atoms with E-state index in [4.69, 9.17) is 5.26 Å².